The number of amidine groups is 2. The summed E-state index contributed by atoms with van der Waals surface area (Å²) in [5, 5.41) is 16.2. The van der Waals surface area contributed by atoms with Crippen molar-refractivity contribution >= 4 is 51.4 Å². The highest BCUT2D eigenvalue weighted by molar-refractivity contribution is 8.26. The first-order valence-electron chi connectivity index (χ1n) is 11.0. The number of rotatable bonds is 9. The van der Waals surface area contributed by atoms with Crippen molar-refractivity contribution in [2.75, 3.05) is 20.3 Å². The molecule has 0 saturated carbocycles. The zero-order valence-corrected chi connectivity index (χ0v) is 21.2. The molecule has 0 atom stereocenters. The number of carbonyl (C=O) groups excluding carboxylic acids is 1. The van der Waals surface area contributed by atoms with Gasteiger partial charge in [0.25, 0.3) is 5.91 Å². The zero-order chi connectivity index (χ0) is 24.9. The van der Waals surface area contributed by atoms with Crippen LogP contribution >= 0.6 is 23.4 Å². The minimum absolute atomic E-state index is 0.00210. The lowest BCUT2D eigenvalue weighted by molar-refractivity contribution is -0.114. The fourth-order valence-corrected chi connectivity index (χ4v) is 4.68. The van der Waals surface area contributed by atoms with Gasteiger partial charge < -0.3 is 14.2 Å². The van der Waals surface area contributed by atoms with Crippen molar-refractivity contribution in [3.05, 3.63) is 58.6 Å². The molecule has 2 aromatic rings. The molecule has 0 aromatic heterocycles. The van der Waals surface area contributed by atoms with E-state index in [0.717, 1.165) is 11.5 Å². The molecule has 10 heteroatoms. The number of aliphatic imine (C=N–C) groups is 1. The molecule has 0 unspecified atom stereocenters. The Labute approximate surface area is 213 Å². The van der Waals surface area contributed by atoms with Crippen LogP contribution in [0.25, 0.3) is 6.08 Å². The predicted octanol–water partition coefficient (Wildman–Crippen LogP) is 5.47. The number of para-hydroxylation sites is 1. The zero-order valence-electron chi connectivity index (χ0n) is 19.6. The van der Waals surface area contributed by atoms with Gasteiger partial charge in [-0.15, -0.1) is 0 Å². The number of fused-ring (bicyclic) bond motifs is 1. The van der Waals surface area contributed by atoms with Crippen LogP contribution in [0, 0.1) is 11.3 Å². The lowest BCUT2D eigenvalue weighted by Crippen LogP contribution is -2.35. The highest BCUT2D eigenvalue weighted by Crippen LogP contribution is 2.32. The fourth-order valence-electron chi connectivity index (χ4n) is 3.39. The Morgan fingerprint density at radius 2 is 1.86 bits per heavy atom. The van der Waals surface area contributed by atoms with Crippen LogP contribution in [-0.4, -0.2) is 47.3 Å². The Morgan fingerprint density at radius 1 is 1.11 bits per heavy atom. The number of benzene rings is 2. The van der Waals surface area contributed by atoms with E-state index in [4.69, 9.17) is 31.2 Å². The lowest BCUT2D eigenvalue weighted by Gasteiger charge is -2.20. The number of thioether (sulfide) groups is 1. The third kappa shape index (κ3) is 5.86. The molecule has 0 aliphatic carbocycles. The van der Waals surface area contributed by atoms with Gasteiger partial charge in [0.1, 0.15) is 24.0 Å². The summed E-state index contributed by atoms with van der Waals surface area (Å²) in [4.78, 5) is 16.8. The third-order valence-electron chi connectivity index (χ3n) is 5.01. The molecule has 0 spiro atoms. The van der Waals surface area contributed by atoms with Gasteiger partial charge in [0.2, 0.25) is 5.17 Å². The van der Waals surface area contributed by atoms with Crippen LogP contribution in [0.3, 0.4) is 0 Å². The summed E-state index contributed by atoms with van der Waals surface area (Å²) in [6.45, 7) is 4.78. The molecule has 2 heterocycles. The minimum atomic E-state index is -0.467. The molecule has 1 amide bonds. The van der Waals surface area contributed by atoms with Crippen molar-refractivity contribution in [2.24, 2.45) is 16.0 Å². The average Bonchev–Trinajstić information content (AvgIpc) is 3.22. The largest absolute Gasteiger partial charge is 0.493 e. The number of carbonyl (C=O) groups is 1. The van der Waals surface area contributed by atoms with Gasteiger partial charge >= 0.3 is 0 Å². The molecule has 2 aliphatic rings. The molecule has 8 nitrogen and oxygen atoms in total. The molecule has 0 bridgehead atoms. The van der Waals surface area contributed by atoms with E-state index in [1.54, 1.807) is 36.4 Å². The monoisotopic (exact) mass is 512 g/mol. The third-order valence-corrected chi connectivity index (χ3v) is 6.26. The Bertz CT molecular complexity index is 1240. The van der Waals surface area contributed by atoms with Gasteiger partial charge in [0.05, 0.1) is 17.7 Å². The predicted molar refractivity (Wildman–Crippen MR) is 140 cm³/mol. The number of methoxy groups -OCH3 is 1. The van der Waals surface area contributed by atoms with E-state index in [2.05, 4.69) is 23.9 Å². The SMILES string of the molecule is COc1cc(/C=C2/C(=N)N3N=C(CC(C)C)SC3=NC2=O)ccc1OCCOc1ccccc1Cl. The van der Waals surface area contributed by atoms with Crippen LogP contribution < -0.4 is 14.2 Å². The summed E-state index contributed by atoms with van der Waals surface area (Å²) in [6, 6.07) is 12.5. The average molecular weight is 513 g/mol. The van der Waals surface area contributed by atoms with Crippen molar-refractivity contribution in [1.82, 2.24) is 5.01 Å². The summed E-state index contributed by atoms with van der Waals surface area (Å²) in [6.07, 6.45) is 2.38. The maximum atomic E-state index is 12.7. The first kappa shape index (κ1) is 24.8. The number of hydrazone groups is 1. The van der Waals surface area contributed by atoms with Crippen LogP contribution in [-0.2, 0) is 4.79 Å². The molecule has 2 aromatic carbocycles. The minimum Gasteiger partial charge on any atom is -0.493 e. The van der Waals surface area contributed by atoms with Crippen LogP contribution in [0.1, 0.15) is 25.8 Å². The van der Waals surface area contributed by atoms with Crippen LogP contribution in [0.5, 0.6) is 17.2 Å². The normalized spacial score (nSPS) is 16.4. The fraction of sp³-hybridized carbons (Fsp3) is 0.280. The Balaban J connectivity index is 1.44. The summed E-state index contributed by atoms with van der Waals surface area (Å²) in [5.41, 5.74) is 0.833. The summed E-state index contributed by atoms with van der Waals surface area (Å²) in [7, 11) is 1.54. The van der Waals surface area contributed by atoms with Gasteiger partial charge in [0.15, 0.2) is 17.3 Å². The van der Waals surface area contributed by atoms with Gasteiger partial charge in [0, 0.05) is 6.42 Å². The second kappa shape index (κ2) is 11.0. The number of halogens is 1. The van der Waals surface area contributed by atoms with Gasteiger partial charge in [-0.25, -0.2) is 0 Å². The van der Waals surface area contributed by atoms with Crippen molar-refractivity contribution in [2.45, 2.75) is 20.3 Å². The van der Waals surface area contributed by atoms with E-state index in [-0.39, 0.29) is 18.0 Å². The smallest absolute Gasteiger partial charge is 0.283 e. The standard InChI is InChI=1S/C25H25ClN4O4S/c1-15(2)12-22-29-30-23(27)17(24(31)28-25(30)35-22)13-16-8-9-20(21(14-16)32-3)34-11-10-33-19-7-5-4-6-18(19)26/h4-9,13-15,27H,10-12H2,1-3H3/b17-13-,27-23?. The summed E-state index contributed by atoms with van der Waals surface area (Å²) >= 11 is 7.43. The first-order chi connectivity index (χ1) is 16.9. The molecule has 0 fully saturated rings. The maximum Gasteiger partial charge on any atom is 0.283 e. The van der Waals surface area contributed by atoms with Gasteiger partial charge in [-0.2, -0.15) is 15.1 Å². The first-order valence-corrected chi connectivity index (χ1v) is 12.2. The summed E-state index contributed by atoms with van der Waals surface area (Å²) < 4.78 is 16.9. The highest BCUT2D eigenvalue weighted by Gasteiger charge is 2.35. The second-order valence-corrected chi connectivity index (χ2v) is 9.60. The van der Waals surface area contributed by atoms with Crippen molar-refractivity contribution in [3.63, 3.8) is 0 Å². The molecule has 182 valence electrons. The quantitative estimate of drug-likeness (QED) is 0.353. The van der Waals surface area contributed by atoms with E-state index in [1.165, 1.54) is 23.9 Å². The van der Waals surface area contributed by atoms with E-state index < -0.39 is 5.91 Å². The summed E-state index contributed by atoms with van der Waals surface area (Å²) in [5.74, 6) is 1.56. The number of hydrogen-bond donors (Lipinski definition) is 1. The molecule has 4 rings (SSSR count). The van der Waals surface area contributed by atoms with Gasteiger partial charge in [-0.1, -0.05) is 43.6 Å². The van der Waals surface area contributed by atoms with Gasteiger partial charge in [-0.05, 0) is 53.6 Å². The van der Waals surface area contributed by atoms with E-state index >= 15 is 0 Å². The van der Waals surface area contributed by atoms with Crippen molar-refractivity contribution in [3.8, 4) is 17.2 Å². The Morgan fingerprint density at radius 3 is 2.57 bits per heavy atom. The Hall–Kier alpha value is -3.30. The molecule has 35 heavy (non-hydrogen) atoms. The van der Waals surface area contributed by atoms with Crippen LogP contribution in [0.4, 0.5) is 0 Å². The topological polar surface area (TPSA) is 96.6 Å². The highest BCUT2D eigenvalue weighted by atomic mass is 35.5. The molecule has 0 saturated heterocycles. The van der Waals surface area contributed by atoms with E-state index in [9.17, 15) is 4.79 Å². The molecular weight excluding hydrogens is 488 g/mol. The number of nitrogens with zero attached hydrogens (tertiary/aromatic N) is 3. The van der Waals surface area contributed by atoms with Crippen LogP contribution in [0.15, 0.2) is 58.1 Å². The number of ether oxygens (including phenoxy) is 3. The van der Waals surface area contributed by atoms with Crippen molar-refractivity contribution in [1.29, 1.82) is 5.41 Å². The molecule has 1 N–H and O–H groups in total. The lowest BCUT2D eigenvalue weighted by atomic mass is 10.1. The molecule has 2 aliphatic heterocycles. The maximum absolute atomic E-state index is 12.7. The van der Waals surface area contributed by atoms with Crippen molar-refractivity contribution < 1.29 is 19.0 Å². The Kier molecular flexibility index (Phi) is 7.77. The van der Waals surface area contributed by atoms with E-state index in [0.29, 0.717) is 45.5 Å². The van der Waals surface area contributed by atoms with Gasteiger partial charge in [-0.3, -0.25) is 10.2 Å². The number of hydrogen-bond acceptors (Lipinski definition) is 7. The second-order valence-electron chi connectivity index (χ2n) is 8.15. The molecule has 0 radical (unpaired) electrons. The molecular formula is C25H25ClN4O4S. The van der Waals surface area contributed by atoms with E-state index in [1.807, 2.05) is 12.1 Å². The number of amides is 1. The van der Waals surface area contributed by atoms with Crippen LogP contribution in [0.2, 0.25) is 5.02 Å². The number of nitrogens with one attached hydrogen (secondary N) is 1.